The number of amides is 1. The van der Waals surface area contributed by atoms with Crippen molar-refractivity contribution in [1.29, 1.82) is 0 Å². The predicted octanol–water partition coefficient (Wildman–Crippen LogP) is 4.29. The van der Waals surface area contributed by atoms with Crippen LogP contribution in [0.4, 0.5) is 5.69 Å². The number of anilines is 1. The highest BCUT2D eigenvalue weighted by Gasteiger charge is 2.12. The largest absolute Gasteiger partial charge is 0.494 e. The van der Waals surface area contributed by atoms with Crippen molar-refractivity contribution in [2.75, 3.05) is 11.9 Å². The third-order valence-electron chi connectivity index (χ3n) is 4.29. The molecule has 8 heteroatoms. The maximum atomic E-state index is 12.6. The summed E-state index contributed by atoms with van der Waals surface area (Å²) in [6.07, 6.45) is 1.39. The van der Waals surface area contributed by atoms with Gasteiger partial charge in [-0.1, -0.05) is 12.1 Å². The Labute approximate surface area is 176 Å². The number of nitrogens with zero attached hydrogens (tertiary/aromatic N) is 2. The maximum Gasteiger partial charge on any atom is 0.262 e. The second-order valence-corrected chi connectivity index (χ2v) is 7.26. The highest BCUT2D eigenvalue weighted by Crippen LogP contribution is 2.30. The normalized spacial score (nSPS) is 10.7. The maximum absolute atomic E-state index is 12.6. The first-order valence-electron chi connectivity index (χ1n) is 9.36. The second-order valence-electron chi connectivity index (χ2n) is 6.37. The van der Waals surface area contributed by atoms with Gasteiger partial charge >= 0.3 is 0 Å². The van der Waals surface area contributed by atoms with E-state index in [9.17, 15) is 9.59 Å². The van der Waals surface area contributed by atoms with E-state index < -0.39 is 0 Å². The fourth-order valence-corrected chi connectivity index (χ4v) is 3.63. The number of benzene rings is 2. The molecule has 0 bridgehead atoms. The molecule has 4 aromatic rings. The number of thiophene rings is 1. The molecule has 0 aliphatic heterocycles. The van der Waals surface area contributed by atoms with Gasteiger partial charge in [0.15, 0.2) is 5.75 Å². The van der Waals surface area contributed by atoms with Gasteiger partial charge in [-0.3, -0.25) is 14.2 Å². The van der Waals surface area contributed by atoms with Crippen molar-refractivity contribution < 1.29 is 14.3 Å². The summed E-state index contributed by atoms with van der Waals surface area (Å²) in [5.41, 5.74) is 0.268. The van der Waals surface area contributed by atoms with Gasteiger partial charge in [0.1, 0.15) is 22.9 Å². The van der Waals surface area contributed by atoms with Gasteiger partial charge in [0.05, 0.1) is 24.0 Å². The van der Waals surface area contributed by atoms with Gasteiger partial charge < -0.3 is 14.8 Å². The highest BCUT2D eigenvalue weighted by molar-refractivity contribution is 7.16. The number of nitrogens with one attached hydrogen (secondary N) is 1. The summed E-state index contributed by atoms with van der Waals surface area (Å²) in [4.78, 5) is 29.9. The van der Waals surface area contributed by atoms with E-state index in [1.807, 2.05) is 25.1 Å². The zero-order valence-corrected chi connectivity index (χ0v) is 17.0. The fourth-order valence-electron chi connectivity index (χ4n) is 2.91. The van der Waals surface area contributed by atoms with E-state index in [2.05, 4.69) is 10.3 Å². The lowest BCUT2D eigenvalue weighted by Gasteiger charge is -2.13. The van der Waals surface area contributed by atoms with Crippen molar-refractivity contribution in [2.45, 2.75) is 13.5 Å². The molecule has 1 amide bonds. The molecular formula is C22H19N3O4S. The molecule has 2 aromatic heterocycles. The number of ether oxygens (including phenoxy) is 2. The van der Waals surface area contributed by atoms with E-state index in [0.29, 0.717) is 34.0 Å². The Hall–Kier alpha value is -3.65. The first kappa shape index (κ1) is 19.7. The minimum absolute atomic E-state index is 0.144. The van der Waals surface area contributed by atoms with E-state index >= 15 is 0 Å². The summed E-state index contributed by atoms with van der Waals surface area (Å²) in [6, 6.07) is 16.1. The third-order valence-corrected chi connectivity index (χ3v) is 5.11. The molecule has 0 fully saturated rings. The lowest BCUT2D eigenvalue weighted by Crippen LogP contribution is -2.27. The molecule has 0 unspecified atom stereocenters. The first-order chi connectivity index (χ1) is 14.6. The Balaban J connectivity index is 1.48. The lowest BCUT2D eigenvalue weighted by molar-refractivity contribution is -0.116. The van der Waals surface area contributed by atoms with Crippen LogP contribution in [0.5, 0.6) is 17.2 Å². The Morgan fingerprint density at radius 3 is 2.67 bits per heavy atom. The topological polar surface area (TPSA) is 82.4 Å². The summed E-state index contributed by atoms with van der Waals surface area (Å²) < 4.78 is 12.6. The predicted molar refractivity (Wildman–Crippen MR) is 117 cm³/mol. The number of fused-ring (bicyclic) bond motifs is 1. The first-order valence-corrected chi connectivity index (χ1v) is 10.2. The van der Waals surface area contributed by atoms with E-state index in [4.69, 9.17) is 9.47 Å². The molecule has 2 aromatic carbocycles. The van der Waals surface area contributed by atoms with Gasteiger partial charge in [0, 0.05) is 0 Å². The molecule has 1 N–H and O–H groups in total. The number of rotatable bonds is 7. The van der Waals surface area contributed by atoms with Gasteiger partial charge in [-0.15, -0.1) is 11.3 Å². The van der Waals surface area contributed by atoms with Crippen LogP contribution in [0, 0.1) is 0 Å². The van der Waals surface area contributed by atoms with Gasteiger partial charge in [-0.05, 0) is 54.8 Å². The molecule has 0 radical (unpaired) electrons. The monoisotopic (exact) mass is 421 g/mol. The molecule has 30 heavy (non-hydrogen) atoms. The zero-order valence-electron chi connectivity index (χ0n) is 16.2. The highest BCUT2D eigenvalue weighted by atomic mass is 32.1. The number of hydrogen-bond donors (Lipinski definition) is 1. The number of para-hydroxylation sites is 2. The van der Waals surface area contributed by atoms with Crippen molar-refractivity contribution in [2.24, 2.45) is 0 Å². The Morgan fingerprint density at radius 2 is 1.87 bits per heavy atom. The van der Waals surface area contributed by atoms with Crippen LogP contribution in [0.1, 0.15) is 6.92 Å². The van der Waals surface area contributed by atoms with Crippen molar-refractivity contribution in [3.05, 3.63) is 76.7 Å². The SMILES string of the molecule is CCOc1ccc(Oc2ccccc2NC(=O)Cn2cnc3sccc3c2=O)cc1. The van der Waals surface area contributed by atoms with Crippen LogP contribution in [-0.4, -0.2) is 22.1 Å². The average Bonchev–Trinajstić information content (AvgIpc) is 3.23. The summed E-state index contributed by atoms with van der Waals surface area (Å²) in [6.45, 7) is 2.37. The minimum Gasteiger partial charge on any atom is -0.494 e. The van der Waals surface area contributed by atoms with Crippen LogP contribution in [0.2, 0.25) is 0 Å². The molecule has 0 saturated heterocycles. The zero-order chi connectivity index (χ0) is 20.9. The minimum atomic E-state index is -0.351. The summed E-state index contributed by atoms with van der Waals surface area (Å²) in [5, 5.41) is 5.12. The summed E-state index contributed by atoms with van der Waals surface area (Å²) >= 11 is 1.39. The molecular weight excluding hydrogens is 402 g/mol. The molecule has 0 atom stereocenters. The van der Waals surface area contributed by atoms with E-state index in [-0.39, 0.29) is 18.0 Å². The van der Waals surface area contributed by atoms with Crippen LogP contribution in [0.3, 0.4) is 0 Å². The summed E-state index contributed by atoms with van der Waals surface area (Å²) in [7, 11) is 0. The number of hydrogen-bond acceptors (Lipinski definition) is 6. The molecule has 0 aliphatic carbocycles. The Kier molecular flexibility index (Phi) is 5.76. The van der Waals surface area contributed by atoms with Gasteiger partial charge in [-0.2, -0.15) is 0 Å². The van der Waals surface area contributed by atoms with Crippen molar-refractivity contribution in [1.82, 2.24) is 9.55 Å². The molecule has 7 nitrogen and oxygen atoms in total. The van der Waals surface area contributed by atoms with Crippen LogP contribution in [-0.2, 0) is 11.3 Å². The van der Waals surface area contributed by atoms with Gasteiger partial charge in [-0.25, -0.2) is 4.98 Å². The quantitative estimate of drug-likeness (QED) is 0.481. The Morgan fingerprint density at radius 1 is 1.10 bits per heavy atom. The Bertz CT molecular complexity index is 1230. The standard InChI is InChI=1S/C22H19N3O4S/c1-2-28-15-7-9-16(10-8-15)29-19-6-4-3-5-18(19)24-20(26)13-25-14-23-21-17(22(25)27)11-12-30-21/h3-12,14H,2,13H2,1H3,(H,24,26). The van der Waals surface area contributed by atoms with Crippen LogP contribution >= 0.6 is 11.3 Å². The van der Waals surface area contributed by atoms with Crippen molar-refractivity contribution in [3.63, 3.8) is 0 Å². The van der Waals surface area contributed by atoms with Gasteiger partial charge in [0.25, 0.3) is 5.56 Å². The third kappa shape index (κ3) is 4.33. The second kappa shape index (κ2) is 8.79. The fraction of sp³-hybridized carbons (Fsp3) is 0.136. The van der Waals surface area contributed by atoms with E-state index in [1.54, 1.807) is 41.8 Å². The van der Waals surface area contributed by atoms with Crippen molar-refractivity contribution >= 4 is 33.1 Å². The summed E-state index contributed by atoms with van der Waals surface area (Å²) in [5.74, 6) is 1.52. The van der Waals surface area contributed by atoms with Gasteiger partial charge in [0.2, 0.25) is 5.91 Å². The number of carbonyl (C=O) groups excluding carboxylic acids is 1. The molecule has 2 heterocycles. The molecule has 0 spiro atoms. The van der Waals surface area contributed by atoms with Crippen LogP contribution in [0.15, 0.2) is 71.1 Å². The lowest BCUT2D eigenvalue weighted by atomic mass is 10.2. The smallest absolute Gasteiger partial charge is 0.262 e. The molecule has 0 saturated carbocycles. The van der Waals surface area contributed by atoms with Crippen LogP contribution < -0.4 is 20.3 Å². The van der Waals surface area contributed by atoms with E-state index in [1.165, 1.54) is 22.2 Å². The molecule has 0 aliphatic rings. The number of aromatic nitrogens is 2. The number of carbonyl (C=O) groups is 1. The molecule has 152 valence electrons. The average molecular weight is 421 g/mol. The van der Waals surface area contributed by atoms with E-state index in [0.717, 1.165) is 5.75 Å². The van der Waals surface area contributed by atoms with Crippen LogP contribution in [0.25, 0.3) is 10.2 Å². The van der Waals surface area contributed by atoms with Crippen molar-refractivity contribution in [3.8, 4) is 17.2 Å². The molecule has 4 rings (SSSR count).